The van der Waals surface area contributed by atoms with Gasteiger partial charge in [-0.05, 0) is 44.4 Å². The Morgan fingerprint density at radius 1 is 1.38 bits per heavy atom. The maximum atomic E-state index is 15.4. The molecule has 0 amide bonds. The maximum Gasteiger partial charge on any atom is 0.265 e. The van der Waals surface area contributed by atoms with E-state index in [-0.39, 0.29) is 18.3 Å². The van der Waals surface area contributed by atoms with E-state index in [9.17, 15) is 4.39 Å². The van der Waals surface area contributed by atoms with E-state index in [0.29, 0.717) is 41.2 Å². The summed E-state index contributed by atoms with van der Waals surface area (Å²) in [7, 11) is 0. The Hall–Kier alpha value is -1.34. The van der Waals surface area contributed by atoms with E-state index in [4.69, 9.17) is 4.52 Å². The van der Waals surface area contributed by atoms with Crippen LogP contribution in [0.5, 0.6) is 0 Å². The van der Waals surface area contributed by atoms with Gasteiger partial charge in [-0.15, -0.1) is 0 Å². The predicted molar refractivity (Wildman–Crippen MR) is 87.7 cm³/mol. The van der Waals surface area contributed by atoms with Crippen molar-refractivity contribution in [1.29, 1.82) is 0 Å². The number of rotatable bonds is 4. The molecule has 2 aliphatic rings. The van der Waals surface area contributed by atoms with Crippen molar-refractivity contribution >= 4 is 15.9 Å². The van der Waals surface area contributed by atoms with Crippen LogP contribution < -0.4 is 0 Å². The molecule has 2 fully saturated rings. The smallest absolute Gasteiger partial charge is 0.265 e. The van der Waals surface area contributed by atoms with Gasteiger partial charge in [0.25, 0.3) is 5.89 Å². The molecule has 0 N–H and O–H groups in total. The molecule has 0 spiro atoms. The number of aromatic nitrogens is 2. The molecule has 0 radical (unpaired) electrons. The van der Waals surface area contributed by atoms with Crippen LogP contribution in [0.15, 0.2) is 27.2 Å². The molecule has 2 heterocycles. The minimum Gasteiger partial charge on any atom is -0.336 e. The molecule has 1 saturated carbocycles. The summed E-state index contributed by atoms with van der Waals surface area (Å²) in [6, 6.07) is 4.96. The lowest BCUT2D eigenvalue weighted by molar-refractivity contribution is 0.0120. The van der Waals surface area contributed by atoms with E-state index in [2.05, 4.69) is 26.1 Å². The van der Waals surface area contributed by atoms with Crippen LogP contribution in [0.2, 0.25) is 0 Å². The van der Waals surface area contributed by atoms with E-state index in [1.54, 1.807) is 12.1 Å². The number of likely N-dealkylation sites (tertiary alicyclic amines) is 1. The van der Waals surface area contributed by atoms with Crippen LogP contribution in [0.4, 0.5) is 8.78 Å². The van der Waals surface area contributed by atoms with Crippen molar-refractivity contribution < 1.29 is 13.3 Å². The zero-order chi connectivity index (χ0) is 16.7. The van der Waals surface area contributed by atoms with Crippen LogP contribution in [0, 0.1) is 5.82 Å². The van der Waals surface area contributed by atoms with E-state index < -0.39 is 5.67 Å². The van der Waals surface area contributed by atoms with Crippen LogP contribution >= 0.6 is 15.9 Å². The first-order valence-corrected chi connectivity index (χ1v) is 9.02. The van der Waals surface area contributed by atoms with Crippen molar-refractivity contribution in [3.63, 3.8) is 0 Å². The lowest BCUT2D eigenvalue weighted by Gasteiger charge is -2.35. The van der Waals surface area contributed by atoms with E-state index in [1.165, 1.54) is 6.07 Å². The molecular formula is C17H18BrF2N3O. The summed E-state index contributed by atoms with van der Waals surface area (Å²) < 4.78 is 35.3. The summed E-state index contributed by atoms with van der Waals surface area (Å²) in [4.78, 5) is 6.19. The largest absolute Gasteiger partial charge is 0.336 e. The van der Waals surface area contributed by atoms with E-state index in [0.717, 1.165) is 19.4 Å². The fourth-order valence-electron chi connectivity index (χ4n) is 3.22. The normalized spacial score (nSPS) is 25.1. The SMILES string of the molecule is Fc1cc(Br)ccc1CN1CCCC(F)(c2nc(C3CC3)no2)C1. The van der Waals surface area contributed by atoms with Crippen molar-refractivity contribution in [1.82, 2.24) is 15.0 Å². The monoisotopic (exact) mass is 397 g/mol. The van der Waals surface area contributed by atoms with Gasteiger partial charge in [0.1, 0.15) is 5.82 Å². The Balaban J connectivity index is 1.49. The molecule has 1 aliphatic carbocycles. The number of halogens is 3. The van der Waals surface area contributed by atoms with Gasteiger partial charge in [0.15, 0.2) is 5.82 Å². The fourth-order valence-corrected chi connectivity index (χ4v) is 3.55. The lowest BCUT2D eigenvalue weighted by atomic mass is 9.94. The first-order chi connectivity index (χ1) is 11.5. The Labute approximate surface area is 147 Å². The minimum atomic E-state index is -1.65. The topological polar surface area (TPSA) is 42.2 Å². The average Bonchev–Trinajstić information content (AvgIpc) is 3.27. The molecule has 128 valence electrons. The van der Waals surface area contributed by atoms with Gasteiger partial charge < -0.3 is 4.52 Å². The summed E-state index contributed by atoms with van der Waals surface area (Å²) in [6.45, 7) is 1.24. The molecule has 1 aromatic carbocycles. The Bertz CT molecular complexity index is 749. The van der Waals surface area contributed by atoms with Crippen molar-refractivity contribution in [2.75, 3.05) is 13.1 Å². The van der Waals surface area contributed by atoms with Gasteiger partial charge in [0.05, 0.1) is 0 Å². The van der Waals surface area contributed by atoms with Gasteiger partial charge in [-0.2, -0.15) is 4.98 Å². The van der Waals surface area contributed by atoms with E-state index >= 15 is 4.39 Å². The summed E-state index contributed by atoms with van der Waals surface area (Å²) in [5.74, 6) is 0.749. The highest BCUT2D eigenvalue weighted by Crippen LogP contribution is 2.41. The van der Waals surface area contributed by atoms with Crippen molar-refractivity contribution in [3.05, 3.63) is 45.8 Å². The van der Waals surface area contributed by atoms with Crippen molar-refractivity contribution in [2.45, 2.75) is 43.8 Å². The first-order valence-electron chi connectivity index (χ1n) is 8.23. The Kier molecular flexibility index (Phi) is 4.16. The average molecular weight is 398 g/mol. The fraction of sp³-hybridized carbons (Fsp3) is 0.529. The molecule has 7 heteroatoms. The molecule has 24 heavy (non-hydrogen) atoms. The third-order valence-corrected chi connectivity index (χ3v) is 5.19. The second-order valence-electron chi connectivity index (χ2n) is 6.75. The standard InChI is InChI=1S/C17H18BrF2N3O/c18-13-5-4-12(14(19)8-13)9-23-7-1-6-17(20,10-23)16-21-15(22-24-16)11-2-3-11/h4-5,8,11H,1-3,6-7,9-10H2. The van der Waals surface area contributed by atoms with Crippen LogP contribution in [-0.4, -0.2) is 28.1 Å². The molecular weight excluding hydrogens is 380 g/mol. The number of piperidine rings is 1. The predicted octanol–water partition coefficient (Wildman–Crippen LogP) is 4.31. The molecule has 1 aliphatic heterocycles. The highest BCUT2D eigenvalue weighted by Gasteiger charge is 2.43. The molecule has 1 saturated heterocycles. The molecule has 4 nitrogen and oxygen atoms in total. The molecule has 1 unspecified atom stereocenters. The van der Waals surface area contributed by atoms with Gasteiger partial charge in [-0.25, -0.2) is 8.78 Å². The van der Waals surface area contributed by atoms with Gasteiger partial charge in [-0.1, -0.05) is 27.2 Å². The third kappa shape index (κ3) is 3.24. The van der Waals surface area contributed by atoms with Crippen molar-refractivity contribution in [2.24, 2.45) is 0 Å². The van der Waals surface area contributed by atoms with E-state index in [1.807, 2.05) is 4.90 Å². The molecule has 1 aromatic heterocycles. The zero-order valence-corrected chi connectivity index (χ0v) is 14.7. The highest BCUT2D eigenvalue weighted by atomic mass is 79.9. The number of benzene rings is 1. The van der Waals surface area contributed by atoms with Gasteiger partial charge in [0, 0.05) is 29.0 Å². The second kappa shape index (κ2) is 6.19. The van der Waals surface area contributed by atoms with Crippen LogP contribution in [-0.2, 0) is 12.2 Å². The van der Waals surface area contributed by atoms with Gasteiger partial charge >= 0.3 is 0 Å². The number of alkyl halides is 1. The van der Waals surface area contributed by atoms with Gasteiger partial charge in [0.2, 0.25) is 5.67 Å². The number of hydrogen-bond acceptors (Lipinski definition) is 4. The van der Waals surface area contributed by atoms with Gasteiger partial charge in [-0.3, -0.25) is 4.90 Å². The maximum absolute atomic E-state index is 15.4. The molecule has 1 atom stereocenters. The zero-order valence-electron chi connectivity index (χ0n) is 13.1. The Morgan fingerprint density at radius 3 is 2.96 bits per heavy atom. The summed E-state index contributed by atoms with van der Waals surface area (Å²) in [5, 5.41) is 3.92. The summed E-state index contributed by atoms with van der Waals surface area (Å²) >= 11 is 3.25. The highest BCUT2D eigenvalue weighted by molar-refractivity contribution is 9.10. The summed E-state index contributed by atoms with van der Waals surface area (Å²) in [5.41, 5.74) is -1.09. The quantitative estimate of drug-likeness (QED) is 0.770. The number of hydrogen-bond donors (Lipinski definition) is 0. The third-order valence-electron chi connectivity index (χ3n) is 4.70. The van der Waals surface area contributed by atoms with Crippen LogP contribution in [0.3, 0.4) is 0 Å². The van der Waals surface area contributed by atoms with Crippen LogP contribution in [0.1, 0.15) is 48.9 Å². The molecule has 2 aromatic rings. The first kappa shape index (κ1) is 16.1. The summed E-state index contributed by atoms with van der Waals surface area (Å²) in [6.07, 6.45) is 3.13. The molecule has 0 bridgehead atoms. The molecule has 4 rings (SSSR count). The van der Waals surface area contributed by atoms with Crippen LogP contribution in [0.25, 0.3) is 0 Å². The second-order valence-corrected chi connectivity index (χ2v) is 7.66. The van der Waals surface area contributed by atoms with Crippen molar-refractivity contribution in [3.8, 4) is 0 Å². The number of nitrogens with zero attached hydrogens (tertiary/aromatic N) is 3. The Morgan fingerprint density at radius 2 is 2.21 bits per heavy atom. The minimum absolute atomic E-state index is 0.0744. The lowest BCUT2D eigenvalue weighted by Crippen LogP contribution is -2.43.